The standard InChI is InChI=1S/C11H22O2/c1-10(12)6-5-9-11(13)7-3-2-4-8-11/h10,12-13H,2-9H2,1H3. The Hall–Kier alpha value is -0.0800. The van der Waals surface area contributed by atoms with Crippen molar-refractivity contribution in [3.63, 3.8) is 0 Å². The maximum Gasteiger partial charge on any atom is 0.0647 e. The Morgan fingerprint density at radius 3 is 2.38 bits per heavy atom. The molecule has 0 aliphatic heterocycles. The second kappa shape index (κ2) is 4.97. The van der Waals surface area contributed by atoms with Gasteiger partial charge in [-0.3, -0.25) is 0 Å². The molecule has 0 aromatic rings. The maximum atomic E-state index is 10.1. The monoisotopic (exact) mass is 186 g/mol. The van der Waals surface area contributed by atoms with Crippen molar-refractivity contribution < 1.29 is 10.2 Å². The predicted octanol–water partition coefficient (Wildman–Crippen LogP) is 2.23. The first-order valence-electron chi connectivity index (χ1n) is 5.53. The summed E-state index contributed by atoms with van der Waals surface area (Å²) in [5.41, 5.74) is -0.396. The average Bonchev–Trinajstić information content (AvgIpc) is 2.04. The lowest BCUT2D eigenvalue weighted by Gasteiger charge is -2.32. The van der Waals surface area contributed by atoms with Crippen LogP contribution in [0.2, 0.25) is 0 Å². The third kappa shape index (κ3) is 4.10. The largest absolute Gasteiger partial charge is 0.393 e. The number of rotatable bonds is 4. The fourth-order valence-corrected chi connectivity index (χ4v) is 2.19. The van der Waals surface area contributed by atoms with E-state index in [2.05, 4.69) is 0 Å². The van der Waals surface area contributed by atoms with Gasteiger partial charge in [0.2, 0.25) is 0 Å². The predicted molar refractivity (Wildman–Crippen MR) is 53.6 cm³/mol. The molecule has 1 saturated carbocycles. The van der Waals surface area contributed by atoms with Crippen LogP contribution in [-0.2, 0) is 0 Å². The van der Waals surface area contributed by atoms with Crippen LogP contribution in [-0.4, -0.2) is 21.9 Å². The van der Waals surface area contributed by atoms with Gasteiger partial charge in [0.1, 0.15) is 0 Å². The maximum absolute atomic E-state index is 10.1. The Balaban J connectivity index is 2.17. The van der Waals surface area contributed by atoms with E-state index in [1.807, 2.05) is 6.92 Å². The van der Waals surface area contributed by atoms with E-state index in [4.69, 9.17) is 5.11 Å². The molecule has 2 nitrogen and oxygen atoms in total. The minimum absolute atomic E-state index is 0.216. The molecule has 1 atom stereocenters. The highest BCUT2D eigenvalue weighted by atomic mass is 16.3. The number of aliphatic hydroxyl groups excluding tert-OH is 1. The molecule has 0 aromatic carbocycles. The second-order valence-corrected chi connectivity index (χ2v) is 4.53. The van der Waals surface area contributed by atoms with E-state index in [9.17, 15) is 5.11 Å². The smallest absolute Gasteiger partial charge is 0.0647 e. The first kappa shape index (κ1) is 11.0. The van der Waals surface area contributed by atoms with Crippen LogP contribution in [0.3, 0.4) is 0 Å². The summed E-state index contributed by atoms with van der Waals surface area (Å²) < 4.78 is 0. The van der Waals surface area contributed by atoms with E-state index in [0.29, 0.717) is 0 Å². The van der Waals surface area contributed by atoms with Crippen LogP contribution in [0.25, 0.3) is 0 Å². The van der Waals surface area contributed by atoms with E-state index in [0.717, 1.165) is 32.1 Å². The lowest BCUT2D eigenvalue weighted by Crippen LogP contribution is -2.31. The molecule has 2 heteroatoms. The lowest BCUT2D eigenvalue weighted by atomic mass is 9.81. The molecular weight excluding hydrogens is 164 g/mol. The van der Waals surface area contributed by atoms with Crippen LogP contribution in [0.1, 0.15) is 58.3 Å². The van der Waals surface area contributed by atoms with Gasteiger partial charge in [0, 0.05) is 0 Å². The molecule has 13 heavy (non-hydrogen) atoms. The summed E-state index contributed by atoms with van der Waals surface area (Å²) in [4.78, 5) is 0. The average molecular weight is 186 g/mol. The first-order valence-corrected chi connectivity index (χ1v) is 5.53. The summed E-state index contributed by atoms with van der Waals surface area (Å²) in [6.07, 6.45) is 7.98. The van der Waals surface area contributed by atoms with Crippen molar-refractivity contribution in [2.75, 3.05) is 0 Å². The highest BCUT2D eigenvalue weighted by molar-refractivity contribution is 4.81. The molecule has 0 aromatic heterocycles. The topological polar surface area (TPSA) is 40.5 Å². The zero-order valence-corrected chi connectivity index (χ0v) is 8.63. The van der Waals surface area contributed by atoms with Gasteiger partial charge in [-0.05, 0) is 39.0 Å². The van der Waals surface area contributed by atoms with Crippen LogP contribution in [0.5, 0.6) is 0 Å². The molecule has 0 radical (unpaired) electrons. The van der Waals surface area contributed by atoms with Crippen molar-refractivity contribution in [3.05, 3.63) is 0 Å². The van der Waals surface area contributed by atoms with Gasteiger partial charge in [0.05, 0.1) is 11.7 Å². The van der Waals surface area contributed by atoms with Crippen molar-refractivity contribution in [3.8, 4) is 0 Å². The Morgan fingerprint density at radius 2 is 1.85 bits per heavy atom. The number of aliphatic hydroxyl groups is 2. The minimum Gasteiger partial charge on any atom is -0.393 e. The van der Waals surface area contributed by atoms with Crippen molar-refractivity contribution in [1.29, 1.82) is 0 Å². The molecule has 1 aliphatic carbocycles. The van der Waals surface area contributed by atoms with Gasteiger partial charge in [0.15, 0.2) is 0 Å². The van der Waals surface area contributed by atoms with E-state index >= 15 is 0 Å². The van der Waals surface area contributed by atoms with E-state index in [1.54, 1.807) is 0 Å². The fraction of sp³-hybridized carbons (Fsp3) is 1.00. The summed E-state index contributed by atoms with van der Waals surface area (Å²) >= 11 is 0. The Kier molecular flexibility index (Phi) is 4.20. The number of hydrogen-bond acceptors (Lipinski definition) is 2. The molecule has 0 bridgehead atoms. The van der Waals surface area contributed by atoms with E-state index in [-0.39, 0.29) is 6.10 Å². The molecule has 0 saturated heterocycles. The Bertz CT molecular complexity index is 137. The molecule has 0 spiro atoms. The summed E-state index contributed by atoms with van der Waals surface area (Å²) in [6, 6.07) is 0. The van der Waals surface area contributed by atoms with Gasteiger partial charge in [0.25, 0.3) is 0 Å². The summed E-state index contributed by atoms with van der Waals surface area (Å²) in [5, 5.41) is 19.2. The van der Waals surface area contributed by atoms with Gasteiger partial charge in [-0.25, -0.2) is 0 Å². The van der Waals surface area contributed by atoms with Crippen molar-refractivity contribution in [2.24, 2.45) is 0 Å². The van der Waals surface area contributed by atoms with Crippen LogP contribution < -0.4 is 0 Å². The third-order valence-electron chi connectivity index (χ3n) is 3.05. The highest BCUT2D eigenvalue weighted by Crippen LogP contribution is 2.32. The Labute approximate surface area is 81.0 Å². The number of hydrogen-bond donors (Lipinski definition) is 2. The van der Waals surface area contributed by atoms with Crippen molar-refractivity contribution in [2.45, 2.75) is 70.0 Å². The quantitative estimate of drug-likeness (QED) is 0.707. The van der Waals surface area contributed by atoms with Crippen LogP contribution in [0.15, 0.2) is 0 Å². The molecule has 0 amide bonds. The molecule has 1 rings (SSSR count). The molecule has 1 fully saturated rings. The zero-order valence-electron chi connectivity index (χ0n) is 8.63. The third-order valence-corrected chi connectivity index (χ3v) is 3.05. The van der Waals surface area contributed by atoms with Crippen molar-refractivity contribution >= 4 is 0 Å². The first-order chi connectivity index (χ1) is 6.12. The SMILES string of the molecule is CC(O)CCCC1(O)CCCCC1. The molecule has 78 valence electrons. The van der Waals surface area contributed by atoms with Crippen LogP contribution >= 0.6 is 0 Å². The highest BCUT2D eigenvalue weighted by Gasteiger charge is 2.28. The summed E-state index contributed by atoms with van der Waals surface area (Å²) in [7, 11) is 0. The molecule has 0 heterocycles. The van der Waals surface area contributed by atoms with Gasteiger partial charge in [-0.15, -0.1) is 0 Å². The van der Waals surface area contributed by atoms with Crippen LogP contribution in [0, 0.1) is 0 Å². The normalized spacial score (nSPS) is 24.2. The van der Waals surface area contributed by atoms with Gasteiger partial charge in [-0.1, -0.05) is 19.3 Å². The van der Waals surface area contributed by atoms with Crippen molar-refractivity contribution in [1.82, 2.24) is 0 Å². The van der Waals surface area contributed by atoms with Crippen LogP contribution in [0.4, 0.5) is 0 Å². The molecule has 1 aliphatic rings. The summed E-state index contributed by atoms with van der Waals surface area (Å²) in [5.74, 6) is 0. The zero-order chi connectivity index (χ0) is 9.73. The van der Waals surface area contributed by atoms with Gasteiger partial charge in [-0.2, -0.15) is 0 Å². The van der Waals surface area contributed by atoms with Gasteiger partial charge >= 0.3 is 0 Å². The van der Waals surface area contributed by atoms with E-state index in [1.165, 1.54) is 19.3 Å². The fourth-order valence-electron chi connectivity index (χ4n) is 2.19. The molecule has 1 unspecified atom stereocenters. The second-order valence-electron chi connectivity index (χ2n) is 4.53. The van der Waals surface area contributed by atoms with E-state index < -0.39 is 5.60 Å². The molecular formula is C11H22O2. The minimum atomic E-state index is -0.396. The Morgan fingerprint density at radius 1 is 1.23 bits per heavy atom. The summed E-state index contributed by atoms with van der Waals surface area (Å²) in [6.45, 7) is 1.81. The lowest BCUT2D eigenvalue weighted by molar-refractivity contribution is -0.00788. The molecule has 2 N–H and O–H groups in total. The van der Waals surface area contributed by atoms with Gasteiger partial charge < -0.3 is 10.2 Å².